The molecule has 1 amide bonds. The van der Waals surface area contributed by atoms with E-state index in [1.807, 2.05) is 25.1 Å². The van der Waals surface area contributed by atoms with E-state index in [-0.39, 0.29) is 5.91 Å². The number of hydrogen-bond acceptors (Lipinski definition) is 4. The van der Waals surface area contributed by atoms with Crippen LogP contribution < -0.4 is 15.5 Å². The van der Waals surface area contributed by atoms with E-state index in [9.17, 15) is 4.79 Å². The first kappa shape index (κ1) is 20.0. The van der Waals surface area contributed by atoms with Crippen molar-refractivity contribution in [2.24, 2.45) is 0 Å². The van der Waals surface area contributed by atoms with Gasteiger partial charge >= 0.3 is 0 Å². The summed E-state index contributed by atoms with van der Waals surface area (Å²) in [5, 5.41) is 6.61. The van der Waals surface area contributed by atoms with Crippen molar-refractivity contribution in [1.29, 1.82) is 0 Å². The van der Waals surface area contributed by atoms with Gasteiger partial charge in [-0.05, 0) is 44.2 Å². The molecule has 2 aliphatic heterocycles. The lowest BCUT2D eigenvalue weighted by Gasteiger charge is -2.23. The highest BCUT2D eigenvalue weighted by atomic mass is 32.2. The summed E-state index contributed by atoms with van der Waals surface area (Å²) in [5.41, 5.74) is 5.17. The molecule has 0 atom stereocenters. The quantitative estimate of drug-likeness (QED) is 0.725. The number of allylic oxidation sites excluding steroid dienone is 1. The highest BCUT2D eigenvalue weighted by Gasteiger charge is 2.19. The lowest BCUT2D eigenvalue weighted by molar-refractivity contribution is -0.906. The highest BCUT2D eigenvalue weighted by Crippen LogP contribution is 2.42. The van der Waals surface area contributed by atoms with E-state index >= 15 is 0 Å². The molecule has 0 bridgehead atoms. The molecule has 5 nitrogen and oxygen atoms in total. The Morgan fingerprint density at radius 2 is 2.00 bits per heavy atom. The zero-order valence-corrected chi connectivity index (χ0v) is 17.8. The fourth-order valence-corrected chi connectivity index (χ4v) is 4.73. The van der Waals surface area contributed by atoms with E-state index < -0.39 is 0 Å². The lowest BCUT2D eigenvalue weighted by Crippen LogP contribution is -3.14. The highest BCUT2D eigenvalue weighted by molar-refractivity contribution is 7.99. The zero-order valence-electron chi connectivity index (χ0n) is 17.0. The largest absolute Gasteiger partial charge is 0.370 e. The first-order valence-corrected chi connectivity index (χ1v) is 11.0. The molecule has 6 heteroatoms. The molecule has 0 saturated carbocycles. The van der Waals surface area contributed by atoms with Crippen molar-refractivity contribution in [3.05, 3.63) is 59.2 Å². The third-order valence-electron chi connectivity index (χ3n) is 5.41. The minimum Gasteiger partial charge on any atom is -0.370 e. The van der Waals surface area contributed by atoms with Crippen molar-refractivity contribution in [2.75, 3.05) is 44.7 Å². The van der Waals surface area contributed by atoms with Crippen molar-refractivity contribution < 1.29 is 14.4 Å². The minimum absolute atomic E-state index is 0.0214. The van der Waals surface area contributed by atoms with Crippen LogP contribution in [0.1, 0.15) is 28.4 Å². The van der Waals surface area contributed by atoms with Crippen LogP contribution in [-0.2, 0) is 4.74 Å². The van der Waals surface area contributed by atoms with Crippen LogP contribution in [0.3, 0.4) is 0 Å². The first-order valence-electron chi connectivity index (χ1n) is 10.2. The molecule has 2 aromatic rings. The monoisotopic (exact) mass is 410 g/mol. The van der Waals surface area contributed by atoms with Gasteiger partial charge in [-0.25, -0.2) is 0 Å². The number of hydrogen-bond donors (Lipinski definition) is 3. The molecule has 2 heterocycles. The molecule has 152 valence electrons. The number of morpholine rings is 1. The number of anilines is 1. The molecular formula is C23H28N3O2S+. The van der Waals surface area contributed by atoms with Gasteiger partial charge in [0.1, 0.15) is 13.1 Å². The van der Waals surface area contributed by atoms with Crippen molar-refractivity contribution >= 4 is 29.1 Å². The maximum atomic E-state index is 12.7. The van der Waals surface area contributed by atoms with Crippen LogP contribution in [-0.4, -0.2) is 45.3 Å². The van der Waals surface area contributed by atoms with Gasteiger partial charge in [0.2, 0.25) is 0 Å². The number of nitrogens with one attached hydrogen (secondary N) is 3. The van der Waals surface area contributed by atoms with Gasteiger partial charge in [-0.2, -0.15) is 0 Å². The fourth-order valence-electron chi connectivity index (χ4n) is 3.72. The lowest BCUT2D eigenvalue weighted by atomic mass is 10.1. The van der Waals surface area contributed by atoms with Gasteiger partial charge in [0.15, 0.2) is 0 Å². The number of quaternary nitrogens is 1. The predicted octanol–water partition coefficient (Wildman–Crippen LogP) is 2.58. The van der Waals surface area contributed by atoms with Crippen molar-refractivity contribution in [1.82, 2.24) is 5.32 Å². The summed E-state index contributed by atoms with van der Waals surface area (Å²) in [7, 11) is 0. The second-order valence-corrected chi connectivity index (χ2v) is 8.59. The second kappa shape index (κ2) is 9.03. The number of ether oxygens (including phenoxy) is 1. The molecular weight excluding hydrogens is 382 g/mol. The molecule has 29 heavy (non-hydrogen) atoms. The second-order valence-electron chi connectivity index (χ2n) is 7.51. The van der Waals surface area contributed by atoms with E-state index in [0.717, 1.165) is 49.1 Å². The maximum Gasteiger partial charge on any atom is 0.251 e. The molecule has 4 rings (SSSR count). The summed E-state index contributed by atoms with van der Waals surface area (Å²) in [6.07, 6.45) is 2.09. The van der Waals surface area contributed by atoms with Crippen molar-refractivity contribution in [3.8, 4) is 0 Å². The Morgan fingerprint density at radius 1 is 1.21 bits per heavy atom. The molecule has 0 radical (unpaired) electrons. The summed E-state index contributed by atoms with van der Waals surface area (Å²) in [4.78, 5) is 16.5. The van der Waals surface area contributed by atoms with Crippen molar-refractivity contribution in [3.63, 3.8) is 0 Å². The normalized spacial score (nSPS) is 17.8. The van der Waals surface area contributed by atoms with Gasteiger partial charge in [-0.3, -0.25) is 4.79 Å². The Labute approximate surface area is 176 Å². The van der Waals surface area contributed by atoms with Crippen LogP contribution in [0.5, 0.6) is 0 Å². The molecule has 1 saturated heterocycles. The Balaban J connectivity index is 1.47. The third-order valence-corrected chi connectivity index (χ3v) is 6.56. The Kier molecular flexibility index (Phi) is 6.23. The zero-order chi connectivity index (χ0) is 20.2. The fraction of sp³-hybridized carbons (Fsp3) is 0.348. The SMILES string of the molecule is CC=C1Nc2cc(C(=O)NCC[NH+]3CCOCC3)ccc2Sc2ccc(C)cc21. The van der Waals surface area contributed by atoms with Gasteiger partial charge in [-0.1, -0.05) is 29.5 Å². The molecule has 0 aliphatic carbocycles. The van der Waals surface area contributed by atoms with Gasteiger partial charge in [0, 0.05) is 26.6 Å². The van der Waals surface area contributed by atoms with E-state index in [1.165, 1.54) is 20.9 Å². The Morgan fingerprint density at radius 3 is 2.79 bits per heavy atom. The molecule has 0 aromatic heterocycles. The number of rotatable bonds is 4. The van der Waals surface area contributed by atoms with Gasteiger partial charge in [0.25, 0.3) is 5.91 Å². The number of aryl methyl sites for hydroxylation is 1. The predicted molar refractivity (Wildman–Crippen MR) is 118 cm³/mol. The Bertz CT molecular complexity index is 936. The molecule has 1 fully saturated rings. The maximum absolute atomic E-state index is 12.7. The number of fused-ring (bicyclic) bond motifs is 2. The molecule has 0 unspecified atom stereocenters. The summed E-state index contributed by atoms with van der Waals surface area (Å²) in [5.74, 6) is -0.0214. The smallest absolute Gasteiger partial charge is 0.251 e. The number of carbonyl (C=O) groups excluding carboxylic acids is 1. The van der Waals surface area contributed by atoms with E-state index in [0.29, 0.717) is 12.1 Å². The first-order chi connectivity index (χ1) is 14.1. The van der Waals surface area contributed by atoms with E-state index in [1.54, 1.807) is 11.8 Å². The molecule has 3 N–H and O–H groups in total. The topological polar surface area (TPSA) is 54.8 Å². The number of amides is 1. The standard InChI is InChI=1S/C23H27N3O2S/c1-3-19-18-14-16(2)4-6-21(18)29-22-7-5-17(15-20(22)25-19)23(27)24-8-9-26-10-12-28-13-11-26/h3-7,14-15,25H,8-13H2,1-2H3,(H,24,27)/p+1. The number of carbonyl (C=O) groups is 1. The van der Waals surface area contributed by atoms with Crippen molar-refractivity contribution in [2.45, 2.75) is 23.6 Å². The minimum atomic E-state index is -0.0214. The molecule has 2 aromatic carbocycles. The van der Waals surface area contributed by atoms with Gasteiger partial charge in [0.05, 0.1) is 32.0 Å². The van der Waals surface area contributed by atoms with E-state index in [2.05, 4.69) is 41.8 Å². The Hall–Kier alpha value is -2.28. The van der Waals surface area contributed by atoms with Crippen LogP contribution in [0, 0.1) is 6.92 Å². The van der Waals surface area contributed by atoms with Gasteiger partial charge in [-0.15, -0.1) is 0 Å². The third kappa shape index (κ3) is 4.66. The summed E-state index contributed by atoms with van der Waals surface area (Å²) in [6.45, 7) is 9.42. The summed E-state index contributed by atoms with van der Waals surface area (Å²) >= 11 is 1.74. The van der Waals surface area contributed by atoms with Gasteiger partial charge < -0.3 is 20.3 Å². The van der Waals surface area contributed by atoms with Crippen LogP contribution >= 0.6 is 11.8 Å². The average Bonchev–Trinajstić information content (AvgIpc) is 2.90. The molecule has 2 aliphatic rings. The van der Waals surface area contributed by atoms with Crippen LogP contribution in [0.2, 0.25) is 0 Å². The van der Waals surface area contributed by atoms with E-state index in [4.69, 9.17) is 4.74 Å². The summed E-state index contributed by atoms with van der Waals surface area (Å²) < 4.78 is 5.39. The van der Waals surface area contributed by atoms with Crippen LogP contribution in [0.25, 0.3) is 5.70 Å². The van der Waals surface area contributed by atoms with Crippen LogP contribution in [0.15, 0.2) is 52.3 Å². The van der Waals surface area contributed by atoms with Crippen LogP contribution in [0.4, 0.5) is 5.69 Å². The number of benzene rings is 2. The average molecular weight is 411 g/mol. The molecule has 0 spiro atoms. The summed E-state index contributed by atoms with van der Waals surface area (Å²) in [6, 6.07) is 12.4.